The molecule has 0 aromatic carbocycles. The lowest BCUT2D eigenvalue weighted by molar-refractivity contribution is -0.143. The van der Waals surface area contributed by atoms with Crippen molar-refractivity contribution in [2.75, 3.05) is 0 Å². The van der Waals surface area contributed by atoms with E-state index in [0.717, 1.165) is 0 Å². The van der Waals surface area contributed by atoms with E-state index in [-0.39, 0.29) is 4.91 Å². The van der Waals surface area contributed by atoms with Crippen LogP contribution in [-0.4, -0.2) is 16.7 Å². The van der Waals surface area contributed by atoms with E-state index < -0.39 is 17.6 Å². The van der Waals surface area contributed by atoms with Gasteiger partial charge in [-0.25, -0.2) is 4.39 Å². The molecule has 0 aromatic heterocycles. The molecule has 0 amide bonds. The average molecular weight is 267 g/mol. The number of aliphatic carboxylic acids is 1. The molecule has 1 aliphatic carbocycles. The molecule has 1 aliphatic rings. The Hall–Kier alpha value is -0.290. The van der Waals surface area contributed by atoms with Crippen LogP contribution in [0.25, 0.3) is 0 Å². The normalized spacial score (nSPS) is 33.7. The molecule has 0 spiro atoms. The summed E-state index contributed by atoms with van der Waals surface area (Å²) in [7, 11) is 0. The summed E-state index contributed by atoms with van der Waals surface area (Å²) in [5.74, 6) is -2.42. The Balaban J connectivity index is 3.12. The van der Waals surface area contributed by atoms with Gasteiger partial charge in [-0.05, 0) is 19.1 Å². The zero-order valence-corrected chi connectivity index (χ0v) is 9.27. The molecule has 1 rings (SSSR count). The van der Waals surface area contributed by atoms with Crippen molar-refractivity contribution in [1.82, 2.24) is 0 Å². The van der Waals surface area contributed by atoms with Crippen molar-refractivity contribution in [1.29, 1.82) is 0 Å². The Bertz CT molecular complexity index is 309. The number of thiol groups is 1. The molecule has 0 saturated carbocycles. The largest absolute Gasteiger partial charge is 0.481 e. The third-order valence-corrected chi connectivity index (χ3v) is 2.66. The Kier molecular flexibility index (Phi) is 2.87. The number of hydrogen-bond acceptors (Lipinski definition) is 2. The first-order chi connectivity index (χ1) is 5.84. The molecule has 2 nitrogen and oxygen atoms in total. The number of carboxylic acids is 1. The summed E-state index contributed by atoms with van der Waals surface area (Å²) in [5, 5.41) is 8.76. The molecule has 0 aliphatic heterocycles. The molecular formula is C8H8BrFO2S. The number of carbonyl (C=O) groups is 1. The lowest BCUT2D eigenvalue weighted by Crippen LogP contribution is -2.36. The predicted molar refractivity (Wildman–Crippen MR) is 54.7 cm³/mol. The smallest absolute Gasteiger partial charge is 0.315 e. The number of alkyl halides is 1. The van der Waals surface area contributed by atoms with Gasteiger partial charge in [0.2, 0.25) is 0 Å². The van der Waals surface area contributed by atoms with Crippen LogP contribution in [-0.2, 0) is 4.79 Å². The van der Waals surface area contributed by atoms with Crippen LogP contribution in [0.5, 0.6) is 0 Å². The van der Waals surface area contributed by atoms with E-state index in [1.165, 1.54) is 19.1 Å². The fourth-order valence-electron chi connectivity index (χ4n) is 1.28. The van der Waals surface area contributed by atoms with Crippen molar-refractivity contribution in [3.63, 3.8) is 0 Å². The van der Waals surface area contributed by atoms with E-state index in [2.05, 4.69) is 28.6 Å². The molecule has 2 atom stereocenters. The maximum atomic E-state index is 13.7. The second-order valence-electron chi connectivity index (χ2n) is 3.02. The lowest BCUT2D eigenvalue weighted by atomic mass is 9.87. The summed E-state index contributed by atoms with van der Waals surface area (Å²) in [6, 6.07) is 0. The van der Waals surface area contributed by atoms with Gasteiger partial charge in [-0.2, -0.15) is 0 Å². The van der Waals surface area contributed by atoms with Crippen molar-refractivity contribution in [2.24, 2.45) is 5.92 Å². The summed E-state index contributed by atoms with van der Waals surface area (Å²) in [5.41, 5.74) is -1.89. The summed E-state index contributed by atoms with van der Waals surface area (Å²) in [4.78, 5) is 10.9. The van der Waals surface area contributed by atoms with Gasteiger partial charge in [-0.15, -0.1) is 12.6 Å². The SMILES string of the molecule is CC1(F)C=C(Br)C=C(S)C1C(=O)O. The molecule has 0 saturated heterocycles. The minimum atomic E-state index is -1.89. The van der Waals surface area contributed by atoms with Gasteiger partial charge < -0.3 is 5.11 Å². The molecule has 72 valence electrons. The summed E-state index contributed by atoms with van der Waals surface area (Å²) >= 11 is 7.02. The van der Waals surface area contributed by atoms with Crippen molar-refractivity contribution < 1.29 is 14.3 Å². The van der Waals surface area contributed by atoms with Crippen LogP contribution in [0.2, 0.25) is 0 Å². The zero-order chi connectivity index (χ0) is 10.2. The minimum absolute atomic E-state index is 0.215. The van der Waals surface area contributed by atoms with Gasteiger partial charge in [-0.1, -0.05) is 15.9 Å². The first kappa shape index (κ1) is 10.8. The molecule has 0 radical (unpaired) electrons. The predicted octanol–water partition coefficient (Wildman–Crippen LogP) is 2.52. The van der Waals surface area contributed by atoms with Gasteiger partial charge in [0.1, 0.15) is 11.6 Å². The number of rotatable bonds is 1. The standard InChI is InChI=1S/C8H8BrFO2S/c1-8(10)3-4(9)2-5(13)6(8)7(11)12/h2-3,6,13H,1H3,(H,11,12). The van der Waals surface area contributed by atoms with Crippen LogP contribution < -0.4 is 0 Å². The monoisotopic (exact) mass is 266 g/mol. The molecule has 2 unspecified atom stereocenters. The van der Waals surface area contributed by atoms with E-state index >= 15 is 0 Å². The number of allylic oxidation sites excluding steroid dienone is 3. The van der Waals surface area contributed by atoms with Crippen LogP contribution in [0.4, 0.5) is 4.39 Å². The fourth-order valence-corrected chi connectivity index (χ4v) is 2.65. The number of hydrogen-bond donors (Lipinski definition) is 2. The Labute approximate surface area is 89.1 Å². The van der Waals surface area contributed by atoms with E-state index in [1.807, 2.05) is 0 Å². The zero-order valence-electron chi connectivity index (χ0n) is 6.79. The van der Waals surface area contributed by atoms with Crippen molar-refractivity contribution in [2.45, 2.75) is 12.6 Å². The average Bonchev–Trinajstić information content (AvgIpc) is 1.78. The first-order valence-corrected chi connectivity index (χ1v) is 4.79. The van der Waals surface area contributed by atoms with Gasteiger partial charge in [0.05, 0.1) is 0 Å². The molecule has 5 heteroatoms. The van der Waals surface area contributed by atoms with Gasteiger partial charge in [0.15, 0.2) is 0 Å². The Morgan fingerprint density at radius 1 is 1.85 bits per heavy atom. The molecule has 0 heterocycles. The quantitative estimate of drug-likeness (QED) is 0.716. The molecule has 0 fully saturated rings. The fraction of sp³-hybridized carbons (Fsp3) is 0.375. The molecule has 0 aromatic rings. The van der Waals surface area contributed by atoms with Gasteiger partial charge in [-0.3, -0.25) is 4.79 Å². The van der Waals surface area contributed by atoms with Crippen molar-refractivity contribution in [3.05, 3.63) is 21.5 Å². The minimum Gasteiger partial charge on any atom is -0.481 e. The van der Waals surface area contributed by atoms with Gasteiger partial charge >= 0.3 is 5.97 Å². The highest BCUT2D eigenvalue weighted by Gasteiger charge is 2.41. The molecular weight excluding hydrogens is 259 g/mol. The number of carboxylic acid groups (broad SMARTS) is 1. The second-order valence-corrected chi connectivity index (χ2v) is 4.45. The molecule has 1 N–H and O–H groups in total. The van der Waals surface area contributed by atoms with Crippen LogP contribution in [0.3, 0.4) is 0 Å². The highest BCUT2D eigenvalue weighted by molar-refractivity contribution is 9.11. The molecule has 0 bridgehead atoms. The van der Waals surface area contributed by atoms with E-state index in [0.29, 0.717) is 4.48 Å². The van der Waals surface area contributed by atoms with Crippen molar-refractivity contribution in [3.8, 4) is 0 Å². The lowest BCUT2D eigenvalue weighted by Gasteiger charge is -2.27. The summed E-state index contributed by atoms with van der Waals surface area (Å²) in [6.45, 7) is 1.22. The summed E-state index contributed by atoms with van der Waals surface area (Å²) in [6.07, 6.45) is 2.72. The first-order valence-electron chi connectivity index (χ1n) is 3.55. The van der Waals surface area contributed by atoms with Crippen LogP contribution in [0.15, 0.2) is 21.5 Å². The summed E-state index contributed by atoms with van der Waals surface area (Å²) < 4.78 is 14.2. The van der Waals surface area contributed by atoms with Crippen LogP contribution >= 0.6 is 28.6 Å². The third kappa shape index (κ3) is 2.14. The maximum absolute atomic E-state index is 13.7. The van der Waals surface area contributed by atoms with Gasteiger partial charge in [0, 0.05) is 9.39 Å². The van der Waals surface area contributed by atoms with Crippen LogP contribution in [0, 0.1) is 5.92 Å². The molecule has 13 heavy (non-hydrogen) atoms. The van der Waals surface area contributed by atoms with Gasteiger partial charge in [0.25, 0.3) is 0 Å². The van der Waals surface area contributed by atoms with E-state index in [1.54, 1.807) is 0 Å². The number of halogens is 2. The third-order valence-electron chi connectivity index (χ3n) is 1.81. The topological polar surface area (TPSA) is 37.3 Å². The van der Waals surface area contributed by atoms with E-state index in [4.69, 9.17) is 5.11 Å². The Morgan fingerprint density at radius 3 is 2.77 bits per heavy atom. The van der Waals surface area contributed by atoms with Crippen LogP contribution in [0.1, 0.15) is 6.92 Å². The van der Waals surface area contributed by atoms with E-state index in [9.17, 15) is 9.18 Å². The highest BCUT2D eigenvalue weighted by Crippen LogP contribution is 2.38. The Morgan fingerprint density at radius 2 is 2.38 bits per heavy atom. The second kappa shape index (κ2) is 3.46. The van der Waals surface area contributed by atoms with Crippen molar-refractivity contribution >= 4 is 34.5 Å². The highest BCUT2D eigenvalue weighted by atomic mass is 79.9. The maximum Gasteiger partial charge on any atom is 0.315 e.